The van der Waals surface area contributed by atoms with Crippen LogP contribution in [0.5, 0.6) is 0 Å². The summed E-state index contributed by atoms with van der Waals surface area (Å²) in [6.45, 7) is 0. The predicted octanol–water partition coefficient (Wildman–Crippen LogP) is 13.8. The van der Waals surface area contributed by atoms with E-state index in [0.717, 1.165) is 92.9 Å². The highest BCUT2D eigenvalue weighted by Crippen LogP contribution is 2.46. The summed E-state index contributed by atoms with van der Waals surface area (Å²) in [5, 5.41) is 32.1. The standard InChI is InChI=1S/C56H32N6/c57-33-35-32-52(62-49-28-14-8-22-41(49)42-30-31-51-53(55(42)62)43-23-9-15-29-50(43)59(51)36-16-2-1-3-17-36)44(34-58)56(61-47-26-12-6-20-39(47)40-21-7-13-27-48(40)61)54(35)60-45-24-10-4-18-37(45)38-19-5-11-25-46(38)60/h1-32H. The Kier molecular flexibility index (Phi) is 7.05. The van der Waals surface area contributed by atoms with Gasteiger partial charge in [0.2, 0.25) is 0 Å². The molecule has 0 aliphatic rings. The summed E-state index contributed by atoms with van der Waals surface area (Å²) in [4.78, 5) is 0. The summed E-state index contributed by atoms with van der Waals surface area (Å²) >= 11 is 0. The third-order valence-corrected chi connectivity index (χ3v) is 12.8. The lowest BCUT2D eigenvalue weighted by Gasteiger charge is -2.22. The molecular weight excluding hydrogens is 757 g/mol. The van der Waals surface area contributed by atoms with Crippen molar-refractivity contribution < 1.29 is 0 Å². The van der Waals surface area contributed by atoms with Gasteiger partial charge < -0.3 is 18.3 Å². The topological polar surface area (TPSA) is 67.3 Å². The fourth-order valence-electron chi connectivity index (χ4n) is 10.4. The van der Waals surface area contributed by atoms with Gasteiger partial charge in [0.1, 0.15) is 17.7 Å². The van der Waals surface area contributed by atoms with Crippen molar-refractivity contribution in [3.63, 3.8) is 0 Å². The number of nitrogens with zero attached hydrogens (tertiary/aromatic N) is 6. The van der Waals surface area contributed by atoms with E-state index in [0.29, 0.717) is 28.2 Å². The first kappa shape index (κ1) is 34.1. The molecule has 9 aromatic carbocycles. The molecule has 4 heterocycles. The molecule has 0 saturated heterocycles. The van der Waals surface area contributed by atoms with Crippen molar-refractivity contribution in [2.24, 2.45) is 0 Å². The molecule has 0 spiro atoms. The van der Waals surface area contributed by atoms with Gasteiger partial charge in [-0.3, -0.25) is 0 Å². The van der Waals surface area contributed by atoms with Crippen LogP contribution in [0.25, 0.3) is 110 Å². The van der Waals surface area contributed by atoms with Crippen LogP contribution in [-0.2, 0) is 0 Å². The maximum Gasteiger partial charge on any atom is 0.104 e. The highest BCUT2D eigenvalue weighted by molar-refractivity contribution is 6.26. The smallest absolute Gasteiger partial charge is 0.104 e. The van der Waals surface area contributed by atoms with Gasteiger partial charge in [-0.25, -0.2) is 0 Å². The number of hydrogen-bond donors (Lipinski definition) is 0. The molecule has 0 atom stereocenters. The second-order valence-corrected chi connectivity index (χ2v) is 15.9. The minimum absolute atomic E-state index is 0.451. The lowest BCUT2D eigenvalue weighted by atomic mass is 10.0. The number of nitriles is 2. The summed E-state index contributed by atoms with van der Waals surface area (Å²) in [6, 6.07) is 72.7. The minimum atomic E-state index is 0.451. The first-order valence-electron chi connectivity index (χ1n) is 20.7. The molecule has 0 N–H and O–H groups in total. The Morgan fingerprint density at radius 3 is 1.24 bits per heavy atom. The number of para-hydroxylation sites is 7. The van der Waals surface area contributed by atoms with E-state index < -0.39 is 0 Å². The molecule has 6 nitrogen and oxygen atoms in total. The Bertz CT molecular complexity index is 4020. The van der Waals surface area contributed by atoms with Crippen molar-refractivity contribution in [2.45, 2.75) is 0 Å². The Morgan fingerprint density at radius 1 is 0.323 bits per heavy atom. The van der Waals surface area contributed by atoms with Gasteiger partial charge in [-0.05, 0) is 60.7 Å². The zero-order chi connectivity index (χ0) is 41.1. The van der Waals surface area contributed by atoms with Gasteiger partial charge in [-0.15, -0.1) is 0 Å². The van der Waals surface area contributed by atoms with Crippen LogP contribution in [0.15, 0.2) is 194 Å². The maximum absolute atomic E-state index is 12.0. The number of fused-ring (bicyclic) bond motifs is 13. The van der Waals surface area contributed by atoms with Crippen LogP contribution in [0.1, 0.15) is 11.1 Å². The van der Waals surface area contributed by atoms with Gasteiger partial charge in [-0.1, -0.05) is 133 Å². The third kappa shape index (κ3) is 4.45. The Morgan fingerprint density at radius 2 is 0.742 bits per heavy atom. The molecule has 6 heteroatoms. The van der Waals surface area contributed by atoms with E-state index in [4.69, 9.17) is 0 Å². The summed E-state index contributed by atoms with van der Waals surface area (Å²) < 4.78 is 9.00. The number of rotatable bonds is 4. The molecule has 0 unspecified atom stereocenters. The van der Waals surface area contributed by atoms with Gasteiger partial charge in [0, 0.05) is 48.8 Å². The van der Waals surface area contributed by atoms with Gasteiger partial charge in [0.05, 0.1) is 66.8 Å². The molecule has 0 bridgehead atoms. The van der Waals surface area contributed by atoms with Gasteiger partial charge in [0.25, 0.3) is 0 Å². The molecular formula is C56H32N6. The number of aromatic nitrogens is 4. The molecule has 0 aliphatic carbocycles. The van der Waals surface area contributed by atoms with E-state index in [1.54, 1.807) is 0 Å². The van der Waals surface area contributed by atoms with Crippen LogP contribution in [0.4, 0.5) is 0 Å². The van der Waals surface area contributed by atoms with E-state index >= 15 is 0 Å². The van der Waals surface area contributed by atoms with Crippen molar-refractivity contribution in [1.82, 2.24) is 18.3 Å². The Hall–Kier alpha value is -8.84. The van der Waals surface area contributed by atoms with Crippen LogP contribution in [-0.4, -0.2) is 18.3 Å². The minimum Gasteiger partial charge on any atom is -0.309 e. The zero-order valence-corrected chi connectivity index (χ0v) is 33.2. The largest absolute Gasteiger partial charge is 0.309 e. The number of benzene rings is 9. The van der Waals surface area contributed by atoms with E-state index in [1.807, 2.05) is 36.4 Å². The average molecular weight is 789 g/mol. The summed E-state index contributed by atoms with van der Waals surface area (Å²) in [5.41, 5.74) is 11.8. The predicted molar refractivity (Wildman–Crippen MR) is 253 cm³/mol. The molecule has 0 aliphatic heterocycles. The highest BCUT2D eigenvalue weighted by atomic mass is 15.1. The van der Waals surface area contributed by atoms with Gasteiger partial charge >= 0.3 is 0 Å². The second-order valence-electron chi connectivity index (χ2n) is 15.9. The summed E-state index contributed by atoms with van der Waals surface area (Å²) in [7, 11) is 0. The summed E-state index contributed by atoms with van der Waals surface area (Å²) in [6.07, 6.45) is 0. The molecule has 0 amide bonds. The summed E-state index contributed by atoms with van der Waals surface area (Å²) in [5.74, 6) is 0. The SMILES string of the molecule is N#Cc1cc(-n2c3ccccc3c3ccc4c(c5ccccc5n4-c4ccccc4)c32)c(C#N)c(-n2c3ccccc3c3ccccc32)c1-n1c2ccccc2c2ccccc21. The van der Waals surface area contributed by atoms with E-state index in [2.05, 4.69) is 188 Å². The lowest BCUT2D eigenvalue weighted by molar-refractivity contribution is 1.06. The van der Waals surface area contributed by atoms with Crippen LogP contribution >= 0.6 is 0 Å². The normalized spacial score (nSPS) is 11.8. The van der Waals surface area contributed by atoms with E-state index in [-0.39, 0.29) is 0 Å². The molecule has 13 aromatic rings. The quantitative estimate of drug-likeness (QED) is 0.178. The number of hydrogen-bond acceptors (Lipinski definition) is 2. The van der Waals surface area contributed by atoms with Crippen LogP contribution in [0.3, 0.4) is 0 Å². The van der Waals surface area contributed by atoms with Crippen molar-refractivity contribution in [3.8, 4) is 34.9 Å². The fraction of sp³-hybridized carbons (Fsp3) is 0. The first-order chi connectivity index (χ1) is 30.7. The lowest BCUT2D eigenvalue weighted by Crippen LogP contribution is -2.12. The first-order valence-corrected chi connectivity index (χ1v) is 20.7. The Balaban J connectivity index is 1.28. The molecule has 62 heavy (non-hydrogen) atoms. The molecule has 0 saturated carbocycles. The van der Waals surface area contributed by atoms with Crippen LogP contribution < -0.4 is 0 Å². The molecule has 0 fully saturated rings. The molecule has 13 rings (SSSR count). The van der Waals surface area contributed by atoms with Crippen LogP contribution in [0, 0.1) is 22.7 Å². The maximum atomic E-state index is 12.0. The second kappa shape index (κ2) is 12.8. The van der Waals surface area contributed by atoms with Gasteiger partial charge in [0.15, 0.2) is 0 Å². The molecule has 0 radical (unpaired) electrons. The fourth-order valence-corrected chi connectivity index (χ4v) is 10.4. The van der Waals surface area contributed by atoms with Crippen LogP contribution in [0.2, 0.25) is 0 Å². The van der Waals surface area contributed by atoms with Crippen molar-refractivity contribution in [2.75, 3.05) is 0 Å². The van der Waals surface area contributed by atoms with E-state index in [1.165, 1.54) is 0 Å². The highest BCUT2D eigenvalue weighted by Gasteiger charge is 2.30. The van der Waals surface area contributed by atoms with Gasteiger partial charge in [-0.2, -0.15) is 10.5 Å². The van der Waals surface area contributed by atoms with Crippen molar-refractivity contribution >= 4 is 87.2 Å². The zero-order valence-electron chi connectivity index (χ0n) is 33.2. The molecule has 286 valence electrons. The monoisotopic (exact) mass is 788 g/mol. The van der Waals surface area contributed by atoms with Crippen molar-refractivity contribution in [3.05, 3.63) is 205 Å². The molecule has 4 aromatic heterocycles. The van der Waals surface area contributed by atoms with E-state index in [9.17, 15) is 10.5 Å². The van der Waals surface area contributed by atoms with Crippen molar-refractivity contribution in [1.29, 1.82) is 10.5 Å². The Labute approximate surface area is 354 Å². The third-order valence-electron chi connectivity index (χ3n) is 12.8. The average Bonchev–Trinajstić information content (AvgIpc) is 4.06.